The van der Waals surface area contributed by atoms with E-state index in [9.17, 15) is 13.2 Å². The van der Waals surface area contributed by atoms with Gasteiger partial charge < -0.3 is 10.4 Å². The second kappa shape index (κ2) is 7.25. The van der Waals surface area contributed by atoms with E-state index in [0.29, 0.717) is 13.1 Å². The number of sulfonamides is 1. The first-order valence-electron chi connectivity index (χ1n) is 6.40. The Morgan fingerprint density at radius 2 is 1.90 bits per heavy atom. The predicted molar refractivity (Wildman–Crippen MR) is 77.2 cm³/mol. The number of anilines is 1. The van der Waals surface area contributed by atoms with Crippen molar-refractivity contribution in [2.24, 2.45) is 5.92 Å². The average molecular weight is 300 g/mol. The van der Waals surface area contributed by atoms with Crippen LogP contribution in [0.3, 0.4) is 0 Å². The van der Waals surface area contributed by atoms with Crippen molar-refractivity contribution in [3.8, 4) is 0 Å². The summed E-state index contributed by atoms with van der Waals surface area (Å²) in [5.41, 5.74) is 0.762. The fraction of sp³-hybridized carbons (Fsp3) is 0.462. The normalized spacial score (nSPS) is 12.9. The molecule has 0 radical (unpaired) electrons. The Balaban J connectivity index is 2.61. The fourth-order valence-corrected chi connectivity index (χ4v) is 2.73. The molecule has 0 aromatic heterocycles. The molecule has 1 atom stereocenters. The van der Waals surface area contributed by atoms with Gasteiger partial charge in [-0.1, -0.05) is 13.8 Å². The Bertz CT molecular complexity index is 540. The van der Waals surface area contributed by atoms with E-state index in [-0.39, 0.29) is 17.2 Å². The van der Waals surface area contributed by atoms with E-state index >= 15 is 0 Å². The summed E-state index contributed by atoms with van der Waals surface area (Å²) in [4.78, 5) is 10.7. The lowest BCUT2D eigenvalue weighted by Crippen LogP contribution is -2.23. The van der Waals surface area contributed by atoms with Gasteiger partial charge in [-0.3, -0.25) is 4.79 Å². The summed E-state index contributed by atoms with van der Waals surface area (Å²) < 4.78 is 25.9. The quantitative estimate of drug-likeness (QED) is 0.676. The van der Waals surface area contributed by atoms with Crippen molar-refractivity contribution in [3.05, 3.63) is 24.3 Å². The minimum Gasteiger partial charge on any atom is -0.481 e. The molecule has 0 aliphatic carbocycles. The molecule has 0 bridgehead atoms. The molecule has 0 fully saturated rings. The van der Waals surface area contributed by atoms with E-state index in [1.54, 1.807) is 19.1 Å². The Labute approximate surface area is 119 Å². The monoisotopic (exact) mass is 300 g/mol. The molecule has 0 aliphatic rings. The summed E-state index contributed by atoms with van der Waals surface area (Å²) in [5.74, 6) is -0.830. The smallest absolute Gasteiger partial charge is 0.303 e. The van der Waals surface area contributed by atoms with Gasteiger partial charge in [-0.05, 0) is 30.2 Å². The number of hydrogen-bond acceptors (Lipinski definition) is 4. The molecule has 0 amide bonds. The number of carbonyl (C=O) groups is 1. The number of hydrogen-bond donors (Lipinski definition) is 3. The largest absolute Gasteiger partial charge is 0.481 e. The zero-order valence-electron chi connectivity index (χ0n) is 11.6. The molecule has 0 heterocycles. The van der Waals surface area contributed by atoms with Gasteiger partial charge in [-0.15, -0.1) is 0 Å². The van der Waals surface area contributed by atoms with Crippen LogP contribution in [0.5, 0.6) is 0 Å². The van der Waals surface area contributed by atoms with Crippen molar-refractivity contribution < 1.29 is 18.3 Å². The number of rotatable bonds is 8. The van der Waals surface area contributed by atoms with E-state index in [1.807, 2.05) is 6.92 Å². The SMILES string of the molecule is CCNS(=O)(=O)c1ccc(NCC(C)CC(=O)O)cc1. The van der Waals surface area contributed by atoms with Crippen LogP contribution in [0.25, 0.3) is 0 Å². The Morgan fingerprint density at radius 1 is 1.30 bits per heavy atom. The molecule has 20 heavy (non-hydrogen) atoms. The third kappa shape index (κ3) is 5.18. The van der Waals surface area contributed by atoms with Crippen molar-refractivity contribution in [2.45, 2.75) is 25.2 Å². The summed E-state index contributed by atoms with van der Waals surface area (Å²) in [6.07, 6.45) is 0.0971. The number of aliphatic carboxylic acids is 1. The van der Waals surface area contributed by atoms with Crippen LogP contribution >= 0.6 is 0 Å². The lowest BCUT2D eigenvalue weighted by atomic mass is 10.1. The number of nitrogens with one attached hydrogen (secondary N) is 2. The van der Waals surface area contributed by atoms with Gasteiger partial charge in [-0.25, -0.2) is 13.1 Å². The Hall–Kier alpha value is -1.60. The minimum atomic E-state index is -3.43. The van der Waals surface area contributed by atoms with E-state index in [4.69, 9.17) is 5.11 Å². The number of carboxylic acid groups (broad SMARTS) is 1. The highest BCUT2D eigenvalue weighted by Gasteiger charge is 2.12. The van der Waals surface area contributed by atoms with Gasteiger partial charge in [0.05, 0.1) is 4.90 Å². The second-order valence-corrected chi connectivity index (χ2v) is 6.38. The summed E-state index contributed by atoms with van der Waals surface area (Å²) in [5, 5.41) is 11.7. The van der Waals surface area contributed by atoms with Gasteiger partial charge in [0.25, 0.3) is 0 Å². The van der Waals surface area contributed by atoms with E-state index in [2.05, 4.69) is 10.0 Å². The maximum Gasteiger partial charge on any atom is 0.303 e. The molecule has 1 unspecified atom stereocenters. The molecule has 0 aliphatic heterocycles. The molecule has 112 valence electrons. The van der Waals surface area contributed by atoms with Crippen LogP contribution in [0, 0.1) is 5.92 Å². The van der Waals surface area contributed by atoms with Crippen LogP contribution in [-0.4, -0.2) is 32.6 Å². The van der Waals surface area contributed by atoms with Gasteiger partial charge in [0.2, 0.25) is 10.0 Å². The molecule has 0 saturated heterocycles. The van der Waals surface area contributed by atoms with Gasteiger partial charge in [0, 0.05) is 25.2 Å². The Morgan fingerprint density at radius 3 is 2.40 bits per heavy atom. The van der Waals surface area contributed by atoms with Crippen LogP contribution < -0.4 is 10.0 Å². The van der Waals surface area contributed by atoms with Crippen LogP contribution in [-0.2, 0) is 14.8 Å². The Kier molecular flexibility index (Phi) is 5.97. The van der Waals surface area contributed by atoms with Gasteiger partial charge in [0.15, 0.2) is 0 Å². The molecule has 1 rings (SSSR count). The van der Waals surface area contributed by atoms with Crippen molar-refractivity contribution in [2.75, 3.05) is 18.4 Å². The highest BCUT2D eigenvalue weighted by atomic mass is 32.2. The third-order valence-corrected chi connectivity index (χ3v) is 4.24. The maximum absolute atomic E-state index is 11.7. The first-order chi connectivity index (χ1) is 9.35. The third-order valence-electron chi connectivity index (χ3n) is 2.68. The summed E-state index contributed by atoms with van der Waals surface area (Å²) in [6.45, 7) is 4.42. The summed E-state index contributed by atoms with van der Waals surface area (Å²) in [7, 11) is -3.43. The molecule has 0 saturated carbocycles. The summed E-state index contributed by atoms with van der Waals surface area (Å²) in [6, 6.07) is 6.36. The topological polar surface area (TPSA) is 95.5 Å². The van der Waals surface area contributed by atoms with Gasteiger partial charge in [-0.2, -0.15) is 0 Å². The van der Waals surface area contributed by atoms with Crippen molar-refractivity contribution in [3.63, 3.8) is 0 Å². The maximum atomic E-state index is 11.7. The zero-order valence-corrected chi connectivity index (χ0v) is 12.4. The molecular formula is C13H20N2O4S. The first-order valence-corrected chi connectivity index (χ1v) is 7.89. The van der Waals surface area contributed by atoms with Crippen LogP contribution in [0.2, 0.25) is 0 Å². The highest BCUT2D eigenvalue weighted by molar-refractivity contribution is 7.89. The molecule has 1 aromatic carbocycles. The first kappa shape index (κ1) is 16.5. The zero-order chi connectivity index (χ0) is 15.2. The number of benzene rings is 1. The molecule has 6 nitrogen and oxygen atoms in total. The minimum absolute atomic E-state index is 0.00216. The predicted octanol–water partition coefficient (Wildman–Crippen LogP) is 1.51. The molecule has 1 aromatic rings. The van der Waals surface area contributed by atoms with E-state index < -0.39 is 16.0 Å². The van der Waals surface area contributed by atoms with Crippen LogP contribution in [0.4, 0.5) is 5.69 Å². The van der Waals surface area contributed by atoms with Gasteiger partial charge in [0.1, 0.15) is 0 Å². The molecule has 0 spiro atoms. The standard InChI is InChI=1S/C13H20N2O4S/c1-3-15-20(18,19)12-6-4-11(5-7-12)14-9-10(2)8-13(16)17/h4-7,10,14-15H,3,8-9H2,1-2H3,(H,16,17). The van der Waals surface area contributed by atoms with E-state index in [0.717, 1.165) is 5.69 Å². The van der Waals surface area contributed by atoms with Crippen molar-refractivity contribution in [1.82, 2.24) is 4.72 Å². The fourth-order valence-electron chi connectivity index (χ4n) is 1.69. The van der Waals surface area contributed by atoms with Crippen molar-refractivity contribution >= 4 is 21.7 Å². The lowest BCUT2D eigenvalue weighted by Gasteiger charge is -2.12. The molecular weight excluding hydrogens is 280 g/mol. The average Bonchev–Trinajstić information content (AvgIpc) is 2.36. The highest BCUT2D eigenvalue weighted by Crippen LogP contribution is 2.14. The van der Waals surface area contributed by atoms with Crippen LogP contribution in [0.15, 0.2) is 29.2 Å². The number of carboxylic acids is 1. The molecule has 3 N–H and O–H groups in total. The van der Waals surface area contributed by atoms with Crippen molar-refractivity contribution in [1.29, 1.82) is 0 Å². The molecule has 7 heteroatoms. The second-order valence-electron chi connectivity index (χ2n) is 4.61. The van der Waals surface area contributed by atoms with E-state index in [1.165, 1.54) is 12.1 Å². The van der Waals surface area contributed by atoms with Gasteiger partial charge >= 0.3 is 5.97 Å². The lowest BCUT2D eigenvalue weighted by molar-refractivity contribution is -0.137. The van der Waals surface area contributed by atoms with Crippen LogP contribution in [0.1, 0.15) is 20.3 Å². The summed E-state index contributed by atoms with van der Waals surface area (Å²) >= 11 is 0.